The lowest BCUT2D eigenvalue weighted by molar-refractivity contribution is -0.0431. The molecule has 1 saturated carbocycles. The Hall–Kier alpha value is -0.160. The van der Waals surface area contributed by atoms with E-state index in [1.807, 2.05) is 7.11 Å². The maximum Gasteiger partial charge on any atom is 0.106 e. The van der Waals surface area contributed by atoms with Crippen molar-refractivity contribution in [2.75, 3.05) is 46.5 Å². The molecule has 0 aromatic heterocycles. The van der Waals surface area contributed by atoms with Crippen molar-refractivity contribution in [2.45, 2.75) is 49.7 Å². The first-order chi connectivity index (χ1) is 9.26. The second-order valence-electron chi connectivity index (χ2n) is 6.67. The van der Waals surface area contributed by atoms with E-state index in [4.69, 9.17) is 9.47 Å². The van der Waals surface area contributed by atoms with Gasteiger partial charge in [0.05, 0.1) is 6.61 Å². The summed E-state index contributed by atoms with van der Waals surface area (Å²) in [5, 5.41) is 3.83. The van der Waals surface area contributed by atoms with Gasteiger partial charge in [-0.25, -0.2) is 0 Å². The van der Waals surface area contributed by atoms with Crippen molar-refractivity contribution in [2.24, 2.45) is 0 Å². The minimum Gasteiger partial charge on any atom is -0.378 e. The first kappa shape index (κ1) is 13.8. The van der Waals surface area contributed by atoms with Gasteiger partial charge in [-0.1, -0.05) is 12.8 Å². The van der Waals surface area contributed by atoms with Crippen LogP contribution in [0.3, 0.4) is 0 Å². The molecule has 2 saturated heterocycles. The molecule has 2 aliphatic heterocycles. The van der Waals surface area contributed by atoms with Crippen LogP contribution < -0.4 is 5.32 Å². The molecule has 1 unspecified atom stereocenters. The average molecular weight is 268 g/mol. The third kappa shape index (κ3) is 2.97. The molecule has 3 fully saturated rings. The molecule has 4 heteroatoms. The molecule has 19 heavy (non-hydrogen) atoms. The van der Waals surface area contributed by atoms with Crippen molar-refractivity contribution in [3.63, 3.8) is 0 Å². The number of methoxy groups -OCH3 is 1. The third-order valence-corrected chi connectivity index (χ3v) is 5.25. The Morgan fingerprint density at radius 2 is 2.05 bits per heavy atom. The molecule has 2 heterocycles. The van der Waals surface area contributed by atoms with Gasteiger partial charge in [0.2, 0.25) is 0 Å². The van der Waals surface area contributed by atoms with E-state index in [0.717, 1.165) is 26.2 Å². The van der Waals surface area contributed by atoms with Gasteiger partial charge >= 0.3 is 0 Å². The number of rotatable bonds is 3. The predicted molar refractivity (Wildman–Crippen MR) is 75.4 cm³/mol. The quantitative estimate of drug-likeness (QED) is 0.839. The maximum atomic E-state index is 5.81. The smallest absolute Gasteiger partial charge is 0.106 e. The van der Waals surface area contributed by atoms with E-state index in [1.165, 1.54) is 51.7 Å². The number of ether oxygens (including phenoxy) is 2. The van der Waals surface area contributed by atoms with Crippen LogP contribution in [0, 0.1) is 0 Å². The summed E-state index contributed by atoms with van der Waals surface area (Å²) < 4.78 is 11.4. The van der Waals surface area contributed by atoms with Crippen molar-refractivity contribution < 1.29 is 9.47 Å². The number of nitrogens with one attached hydrogen (secondary N) is 1. The Kier molecular flexibility index (Phi) is 4.13. The van der Waals surface area contributed by atoms with Crippen molar-refractivity contribution in [3.8, 4) is 0 Å². The Morgan fingerprint density at radius 3 is 2.74 bits per heavy atom. The monoisotopic (exact) mass is 268 g/mol. The lowest BCUT2D eigenvalue weighted by Crippen LogP contribution is -2.53. The molecular weight excluding hydrogens is 240 g/mol. The Bertz CT molecular complexity index is 297. The van der Waals surface area contributed by atoms with E-state index in [1.54, 1.807) is 0 Å². The van der Waals surface area contributed by atoms with E-state index in [-0.39, 0.29) is 5.60 Å². The zero-order valence-electron chi connectivity index (χ0n) is 12.2. The van der Waals surface area contributed by atoms with Gasteiger partial charge in [0.15, 0.2) is 0 Å². The van der Waals surface area contributed by atoms with Crippen LogP contribution in [0.1, 0.15) is 38.5 Å². The maximum absolute atomic E-state index is 5.81. The van der Waals surface area contributed by atoms with Gasteiger partial charge in [-0.2, -0.15) is 0 Å². The fraction of sp³-hybridized carbons (Fsp3) is 1.00. The zero-order valence-corrected chi connectivity index (χ0v) is 12.2. The minimum atomic E-state index is -0.0515. The normalized spacial score (nSPS) is 35.8. The fourth-order valence-electron chi connectivity index (χ4n) is 4.09. The highest BCUT2D eigenvalue weighted by molar-refractivity contribution is 4.99. The summed E-state index contributed by atoms with van der Waals surface area (Å²) in [6, 6.07) is 0. The van der Waals surface area contributed by atoms with Crippen LogP contribution in [0.2, 0.25) is 0 Å². The van der Waals surface area contributed by atoms with Crippen LogP contribution in [-0.4, -0.2) is 62.5 Å². The van der Waals surface area contributed by atoms with Gasteiger partial charge in [0.1, 0.15) is 5.60 Å². The van der Waals surface area contributed by atoms with Crippen LogP contribution in [0.5, 0.6) is 0 Å². The molecule has 0 aromatic rings. The molecule has 0 aromatic carbocycles. The molecule has 4 nitrogen and oxygen atoms in total. The fourth-order valence-corrected chi connectivity index (χ4v) is 4.09. The van der Waals surface area contributed by atoms with E-state index >= 15 is 0 Å². The standard InChI is InChI=1S/C15H28N2O2/c1-18-15(7-10-19-13-15)12-17-9-4-8-16-14(11-17)5-2-3-6-14/h16H,2-13H2,1H3. The Balaban J connectivity index is 1.65. The van der Waals surface area contributed by atoms with Crippen molar-refractivity contribution in [3.05, 3.63) is 0 Å². The van der Waals surface area contributed by atoms with Crippen molar-refractivity contribution in [1.82, 2.24) is 10.2 Å². The summed E-state index contributed by atoms with van der Waals surface area (Å²) >= 11 is 0. The van der Waals surface area contributed by atoms with Crippen LogP contribution in [0.4, 0.5) is 0 Å². The van der Waals surface area contributed by atoms with Gasteiger partial charge < -0.3 is 14.8 Å². The lowest BCUT2D eigenvalue weighted by Gasteiger charge is -2.37. The molecule has 1 N–H and O–H groups in total. The van der Waals surface area contributed by atoms with Crippen LogP contribution in [0.15, 0.2) is 0 Å². The number of hydrogen-bond donors (Lipinski definition) is 1. The molecular formula is C15H28N2O2. The van der Waals surface area contributed by atoms with Crippen molar-refractivity contribution >= 4 is 0 Å². The zero-order chi connectivity index (χ0) is 13.2. The van der Waals surface area contributed by atoms with Crippen LogP contribution >= 0.6 is 0 Å². The van der Waals surface area contributed by atoms with E-state index in [9.17, 15) is 0 Å². The molecule has 3 rings (SSSR count). The predicted octanol–water partition coefficient (Wildman–Crippen LogP) is 1.40. The largest absolute Gasteiger partial charge is 0.378 e. The van der Waals surface area contributed by atoms with E-state index in [0.29, 0.717) is 5.54 Å². The highest BCUT2D eigenvalue weighted by Gasteiger charge is 2.41. The minimum absolute atomic E-state index is 0.0515. The highest BCUT2D eigenvalue weighted by Crippen LogP contribution is 2.33. The molecule has 1 spiro atoms. The summed E-state index contributed by atoms with van der Waals surface area (Å²) in [5.74, 6) is 0. The van der Waals surface area contributed by atoms with Gasteiger partial charge in [-0.3, -0.25) is 4.90 Å². The summed E-state index contributed by atoms with van der Waals surface area (Å²) in [6.45, 7) is 6.21. The summed E-state index contributed by atoms with van der Waals surface area (Å²) in [6.07, 6.45) is 7.77. The van der Waals surface area contributed by atoms with E-state index < -0.39 is 0 Å². The highest BCUT2D eigenvalue weighted by atomic mass is 16.5. The Labute approximate surface area is 116 Å². The average Bonchev–Trinajstić information content (AvgIpc) is 3.00. The first-order valence-electron chi connectivity index (χ1n) is 7.86. The topological polar surface area (TPSA) is 33.7 Å². The summed E-state index contributed by atoms with van der Waals surface area (Å²) in [7, 11) is 1.84. The van der Waals surface area contributed by atoms with Gasteiger partial charge in [-0.05, 0) is 32.4 Å². The molecule has 0 amide bonds. The third-order valence-electron chi connectivity index (χ3n) is 5.25. The number of nitrogens with zero attached hydrogens (tertiary/aromatic N) is 1. The van der Waals surface area contributed by atoms with E-state index in [2.05, 4.69) is 10.2 Å². The molecule has 1 atom stereocenters. The second-order valence-corrected chi connectivity index (χ2v) is 6.67. The van der Waals surface area contributed by atoms with Gasteiger partial charge in [0, 0.05) is 38.8 Å². The van der Waals surface area contributed by atoms with Crippen LogP contribution in [-0.2, 0) is 9.47 Å². The second kappa shape index (κ2) is 5.68. The van der Waals surface area contributed by atoms with Crippen molar-refractivity contribution in [1.29, 1.82) is 0 Å². The lowest BCUT2D eigenvalue weighted by atomic mass is 9.95. The molecule has 110 valence electrons. The molecule has 3 aliphatic rings. The van der Waals surface area contributed by atoms with Gasteiger partial charge in [0.25, 0.3) is 0 Å². The summed E-state index contributed by atoms with van der Waals surface area (Å²) in [5.41, 5.74) is 0.342. The molecule has 0 bridgehead atoms. The SMILES string of the molecule is COC1(CN2CCCNC3(CCCC3)C2)CCOC1. The summed E-state index contributed by atoms with van der Waals surface area (Å²) in [4.78, 5) is 2.63. The molecule has 0 radical (unpaired) electrons. The first-order valence-corrected chi connectivity index (χ1v) is 7.86. The Morgan fingerprint density at radius 1 is 1.21 bits per heavy atom. The van der Waals surface area contributed by atoms with Gasteiger partial charge in [-0.15, -0.1) is 0 Å². The molecule has 1 aliphatic carbocycles. The number of hydrogen-bond acceptors (Lipinski definition) is 4. The van der Waals surface area contributed by atoms with Crippen LogP contribution in [0.25, 0.3) is 0 Å².